The Hall–Kier alpha value is -2.56. The van der Waals surface area contributed by atoms with Crippen molar-refractivity contribution in [2.24, 2.45) is 0 Å². The second-order valence-corrected chi connectivity index (χ2v) is 5.07. The Bertz CT molecular complexity index is 738. The normalized spacial score (nSPS) is 10.8. The Kier molecular flexibility index (Phi) is 5.21. The lowest BCUT2D eigenvalue weighted by atomic mass is 10.2. The zero-order valence-corrected chi connectivity index (χ0v) is 12.5. The monoisotopic (exact) mass is 344 g/mol. The fraction of sp³-hybridized carbons (Fsp3) is 0.250. The lowest BCUT2D eigenvalue weighted by molar-refractivity contribution is -0.384. The molecule has 2 rings (SSSR count). The molecule has 0 spiro atoms. The molecule has 0 radical (unpaired) electrons. The molecule has 8 nitrogen and oxygen atoms in total. The van der Waals surface area contributed by atoms with Crippen LogP contribution in [0.4, 0.5) is 14.5 Å². The van der Waals surface area contributed by atoms with Gasteiger partial charge in [-0.15, -0.1) is 5.10 Å². The standard InChI is InChI=1S/C12H10F2N4O4S/c1-2-22-11(19)7-5-6(18(20)21)3-4-8(7)23-12-15-10(9(13)14)16-17-12/h3-5,9H,2H2,1H3,(H,15,16,17). The number of H-pyrrole nitrogens is 1. The molecule has 0 fully saturated rings. The number of hydrogen-bond donors (Lipinski definition) is 1. The summed E-state index contributed by atoms with van der Waals surface area (Å²) in [6, 6.07) is 3.56. The minimum absolute atomic E-state index is 0.0419. The summed E-state index contributed by atoms with van der Waals surface area (Å²) in [5, 5.41) is 16.4. The molecule has 0 aliphatic rings. The molecule has 23 heavy (non-hydrogen) atoms. The first-order chi connectivity index (χ1) is 10.9. The van der Waals surface area contributed by atoms with Crippen LogP contribution in [-0.2, 0) is 4.74 Å². The summed E-state index contributed by atoms with van der Waals surface area (Å²) in [5.74, 6) is -1.37. The molecule has 0 saturated carbocycles. The number of nitrogens with zero attached hydrogens (tertiary/aromatic N) is 3. The summed E-state index contributed by atoms with van der Waals surface area (Å²) in [7, 11) is 0. The first kappa shape index (κ1) is 16.8. The average Bonchev–Trinajstić information content (AvgIpc) is 2.96. The molecule has 0 aliphatic carbocycles. The SMILES string of the molecule is CCOC(=O)c1cc([N+](=O)[O-])ccc1Sc1n[nH]c(C(F)F)n1. The first-order valence-corrected chi connectivity index (χ1v) is 7.08. The number of hydrogen-bond acceptors (Lipinski definition) is 7. The van der Waals surface area contributed by atoms with Crippen LogP contribution in [0.1, 0.15) is 29.5 Å². The van der Waals surface area contributed by atoms with Gasteiger partial charge in [0.15, 0.2) is 5.82 Å². The number of aromatic nitrogens is 3. The third-order valence-corrected chi connectivity index (χ3v) is 3.50. The zero-order valence-electron chi connectivity index (χ0n) is 11.7. The summed E-state index contributed by atoms with van der Waals surface area (Å²) in [6.45, 7) is 1.67. The van der Waals surface area contributed by atoms with Gasteiger partial charge in [-0.25, -0.2) is 13.6 Å². The van der Waals surface area contributed by atoms with E-state index < -0.39 is 23.1 Å². The van der Waals surface area contributed by atoms with Crippen molar-refractivity contribution in [3.05, 3.63) is 39.7 Å². The third kappa shape index (κ3) is 4.00. The number of benzene rings is 1. The summed E-state index contributed by atoms with van der Waals surface area (Å²) < 4.78 is 29.8. The number of nitro groups is 1. The number of aromatic amines is 1. The number of halogens is 2. The van der Waals surface area contributed by atoms with Gasteiger partial charge >= 0.3 is 5.97 Å². The summed E-state index contributed by atoms with van der Waals surface area (Å²) >= 11 is 0.817. The molecule has 0 unspecified atom stereocenters. The number of ether oxygens (including phenoxy) is 1. The Balaban J connectivity index is 2.35. The Morgan fingerprint density at radius 2 is 2.26 bits per heavy atom. The van der Waals surface area contributed by atoms with Crippen LogP contribution >= 0.6 is 11.8 Å². The highest BCUT2D eigenvalue weighted by Crippen LogP contribution is 2.31. The molecule has 2 aromatic rings. The maximum absolute atomic E-state index is 12.5. The van der Waals surface area contributed by atoms with E-state index in [1.54, 1.807) is 6.92 Å². The molecule has 1 heterocycles. The molecular weight excluding hydrogens is 334 g/mol. The number of nitrogens with one attached hydrogen (secondary N) is 1. The van der Waals surface area contributed by atoms with Crippen LogP contribution in [0, 0.1) is 10.1 Å². The van der Waals surface area contributed by atoms with E-state index >= 15 is 0 Å². The van der Waals surface area contributed by atoms with Crippen molar-refractivity contribution in [1.82, 2.24) is 15.2 Å². The predicted molar refractivity (Wildman–Crippen MR) is 74.5 cm³/mol. The number of carbonyl (C=O) groups excluding carboxylic acids is 1. The van der Waals surface area contributed by atoms with Crippen LogP contribution in [0.5, 0.6) is 0 Å². The van der Waals surface area contributed by atoms with Gasteiger partial charge in [0, 0.05) is 17.0 Å². The lowest BCUT2D eigenvalue weighted by Gasteiger charge is -2.06. The molecule has 1 aromatic carbocycles. The number of alkyl halides is 2. The molecule has 122 valence electrons. The largest absolute Gasteiger partial charge is 0.462 e. The fourth-order valence-electron chi connectivity index (χ4n) is 1.59. The molecule has 0 amide bonds. The zero-order chi connectivity index (χ0) is 17.0. The quantitative estimate of drug-likeness (QED) is 0.487. The van der Waals surface area contributed by atoms with E-state index in [-0.39, 0.29) is 27.9 Å². The van der Waals surface area contributed by atoms with Gasteiger partial charge in [0.05, 0.1) is 17.1 Å². The van der Waals surface area contributed by atoms with E-state index in [1.165, 1.54) is 12.1 Å². The van der Waals surface area contributed by atoms with Crippen molar-refractivity contribution in [1.29, 1.82) is 0 Å². The topological polar surface area (TPSA) is 111 Å². The Morgan fingerprint density at radius 3 is 2.83 bits per heavy atom. The Morgan fingerprint density at radius 1 is 1.52 bits per heavy atom. The first-order valence-electron chi connectivity index (χ1n) is 6.26. The minimum atomic E-state index is -2.81. The second kappa shape index (κ2) is 7.13. The average molecular weight is 344 g/mol. The molecule has 1 aromatic heterocycles. The Labute approximate surface area is 132 Å². The van der Waals surface area contributed by atoms with Crippen molar-refractivity contribution < 1.29 is 23.2 Å². The van der Waals surface area contributed by atoms with Gasteiger partial charge in [0.2, 0.25) is 5.16 Å². The lowest BCUT2D eigenvalue weighted by Crippen LogP contribution is -2.07. The van der Waals surface area contributed by atoms with Gasteiger partial charge in [-0.1, -0.05) is 0 Å². The van der Waals surface area contributed by atoms with Gasteiger partial charge in [0.25, 0.3) is 12.1 Å². The maximum Gasteiger partial charge on any atom is 0.339 e. The smallest absolute Gasteiger partial charge is 0.339 e. The summed E-state index contributed by atoms with van der Waals surface area (Å²) in [4.78, 5) is 25.9. The van der Waals surface area contributed by atoms with Gasteiger partial charge in [-0.2, -0.15) is 4.98 Å². The fourth-order valence-corrected chi connectivity index (χ4v) is 2.41. The molecular formula is C12H10F2N4O4S. The van der Waals surface area contributed by atoms with Crippen molar-refractivity contribution in [2.75, 3.05) is 6.61 Å². The number of nitro benzene ring substituents is 1. The van der Waals surface area contributed by atoms with Gasteiger partial charge in [-0.3, -0.25) is 15.2 Å². The molecule has 0 saturated heterocycles. The van der Waals surface area contributed by atoms with Crippen LogP contribution in [-0.4, -0.2) is 32.7 Å². The number of carbonyl (C=O) groups is 1. The van der Waals surface area contributed by atoms with E-state index in [2.05, 4.69) is 15.2 Å². The van der Waals surface area contributed by atoms with Gasteiger partial charge in [-0.05, 0) is 24.8 Å². The summed E-state index contributed by atoms with van der Waals surface area (Å²) in [5.41, 5.74) is -0.352. The van der Waals surface area contributed by atoms with E-state index in [4.69, 9.17) is 4.74 Å². The second-order valence-electron chi connectivity index (χ2n) is 4.06. The van der Waals surface area contributed by atoms with Gasteiger partial charge < -0.3 is 4.74 Å². The van der Waals surface area contributed by atoms with Gasteiger partial charge in [0.1, 0.15) is 0 Å². The van der Waals surface area contributed by atoms with Crippen molar-refractivity contribution in [3.8, 4) is 0 Å². The van der Waals surface area contributed by atoms with Crippen LogP contribution in [0.3, 0.4) is 0 Å². The molecule has 0 atom stereocenters. The minimum Gasteiger partial charge on any atom is -0.462 e. The van der Waals surface area contributed by atoms with Crippen molar-refractivity contribution in [2.45, 2.75) is 23.4 Å². The van der Waals surface area contributed by atoms with E-state index in [9.17, 15) is 23.7 Å². The highest BCUT2D eigenvalue weighted by atomic mass is 32.2. The number of esters is 1. The molecule has 0 bridgehead atoms. The van der Waals surface area contributed by atoms with Crippen LogP contribution < -0.4 is 0 Å². The molecule has 11 heteroatoms. The highest BCUT2D eigenvalue weighted by Gasteiger charge is 2.20. The van der Waals surface area contributed by atoms with Crippen molar-refractivity contribution in [3.63, 3.8) is 0 Å². The highest BCUT2D eigenvalue weighted by molar-refractivity contribution is 7.99. The molecule has 1 N–H and O–H groups in total. The van der Waals surface area contributed by atoms with Crippen LogP contribution in [0.2, 0.25) is 0 Å². The maximum atomic E-state index is 12.5. The van der Waals surface area contributed by atoms with Crippen LogP contribution in [0.25, 0.3) is 0 Å². The molecule has 0 aliphatic heterocycles. The number of rotatable bonds is 6. The van der Waals surface area contributed by atoms with E-state index in [0.29, 0.717) is 0 Å². The predicted octanol–water partition coefficient (Wildman–Crippen LogP) is 2.98. The third-order valence-electron chi connectivity index (χ3n) is 2.56. The van der Waals surface area contributed by atoms with Crippen molar-refractivity contribution >= 4 is 23.4 Å². The van der Waals surface area contributed by atoms with E-state index in [0.717, 1.165) is 17.8 Å². The number of non-ortho nitro benzene ring substituents is 1. The van der Waals surface area contributed by atoms with E-state index in [1.807, 2.05) is 0 Å². The summed E-state index contributed by atoms with van der Waals surface area (Å²) in [6.07, 6.45) is -2.81. The van der Waals surface area contributed by atoms with Crippen LogP contribution in [0.15, 0.2) is 28.3 Å².